The quantitative estimate of drug-likeness (QED) is 0.709. The van der Waals surface area contributed by atoms with Crippen LogP contribution in [0.5, 0.6) is 0 Å². The zero-order valence-electron chi connectivity index (χ0n) is 9.51. The Labute approximate surface area is 82.5 Å². The highest BCUT2D eigenvalue weighted by Gasteiger charge is 2.34. The van der Waals surface area contributed by atoms with Crippen LogP contribution in [-0.2, 0) is 0 Å². The second-order valence-corrected chi connectivity index (χ2v) is 5.11. The summed E-state index contributed by atoms with van der Waals surface area (Å²) < 4.78 is 0. The zero-order valence-corrected chi connectivity index (χ0v) is 9.51. The molecule has 0 aromatic rings. The predicted molar refractivity (Wildman–Crippen MR) is 57.7 cm³/mol. The SMILES string of the molecule is CCC(C)N1CCC(N)C(C)(C)C1. The van der Waals surface area contributed by atoms with E-state index in [0.717, 1.165) is 13.0 Å². The molecule has 0 aromatic carbocycles. The van der Waals surface area contributed by atoms with Crippen LogP contribution in [-0.4, -0.2) is 30.1 Å². The van der Waals surface area contributed by atoms with E-state index in [2.05, 4.69) is 32.6 Å². The van der Waals surface area contributed by atoms with Crippen LogP contribution in [0.3, 0.4) is 0 Å². The number of hydrogen-bond acceptors (Lipinski definition) is 2. The maximum atomic E-state index is 6.09. The Bertz CT molecular complexity index is 165. The van der Waals surface area contributed by atoms with Crippen LogP contribution in [0.2, 0.25) is 0 Å². The van der Waals surface area contributed by atoms with Gasteiger partial charge in [0.25, 0.3) is 0 Å². The number of piperidine rings is 1. The minimum atomic E-state index is 0.293. The summed E-state index contributed by atoms with van der Waals surface area (Å²) in [5.74, 6) is 0. The molecule has 1 heterocycles. The molecule has 0 radical (unpaired) electrons. The molecule has 1 aliphatic rings. The molecule has 2 atom stereocenters. The first-order valence-corrected chi connectivity index (χ1v) is 5.47. The summed E-state index contributed by atoms with van der Waals surface area (Å²) >= 11 is 0. The average Bonchev–Trinajstić information content (AvgIpc) is 2.08. The van der Waals surface area contributed by atoms with Crippen molar-refractivity contribution in [1.82, 2.24) is 4.90 Å². The van der Waals surface area contributed by atoms with Gasteiger partial charge in [-0.1, -0.05) is 20.8 Å². The smallest absolute Gasteiger partial charge is 0.0115 e. The molecule has 13 heavy (non-hydrogen) atoms. The Morgan fingerprint density at radius 1 is 1.54 bits per heavy atom. The van der Waals surface area contributed by atoms with Crippen molar-refractivity contribution in [1.29, 1.82) is 0 Å². The third-order valence-electron chi connectivity index (χ3n) is 3.56. The molecular formula is C11H24N2. The lowest BCUT2D eigenvalue weighted by molar-refractivity contribution is 0.0654. The molecule has 0 amide bonds. The highest BCUT2D eigenvalue weighted by Crippen LogP contribution is 2.29. The predicted octanol–water partition coefficient (Wildman–Crippen LogP) is 1.84. The van der Waals surface area contributed by atoms with Crippen LogP contribution in [0, 0.1) is 5.41 Å². The normalized spacial score (nSPS) is 31.6. The average molecular weight is 184 g/mol. The molecule has 0 bridgehead atoms. The fraction of sp³-hybridized carbons (Fsp3) is 1.00. The lowest BCUT2D eigenvalue weighted by atomic mass is 9.79. The minimum absolute atomic E-state index is 0.293. The molecule has 1 rings (SSSR count). The summed E-state index contributed by atoms with van der Waals surface area (Å²) in [6, 6.07) is 1.10. The second kappa shape index (κ2) is 3.97. The van der Waals surface area contributed by atoms with Crippen LogP contribution >= 0.6 is 0 Å². The van der Waals surface area contributed by atoms with E-state index < -0.39 is 0 Å². The van der Waals surface area contributed by atoms with E-state index in [9.17, 15) is 0 Å². The number of nitrogens with zero attached hydrogens (tertiary/aromatic N) is 1. The van der Waals surface area contributed by atoms with Gasteiger partial charge in [0.2, 0.25) is 0 Å². The Morgan fingerprint density at radius 2 is 2.15 bits per heavy atom. The molecule has 78 valence electrons. The van der Waals surface area contributed by atoms with Crippen LogP contribution in [0.25, 0.3) is 0 Å². The molecule has 2 unspecified atom stereocenters. The number of rotatable bonds is 2. The van der Waals surface area contributed by atoms with Gasteiger partial charge < -0.3 is 10.6 Å². The molecule has 0 spiro atoms. The lowest BCUT2D eigenvalue weighted by Crippen LogP contribution is -2.54. The van der Waals surface area contributed by atoms with Gasteiger partial charge >= 0.3 is 0 Å². The number of hydrogen-bond donors (Lipinski definition) is 1. The maximum absolute atomic E-state index is 6.09. The van der Waals surface area contributed by atoms with Crippen LogP contribution in [0.4, 0.5) is 0 Å². The van der Waals surface area contributed by atoms with Gasteiger partial charge in [-0.15, -0.1) is 0 Å². The molecule has 0 aromatic heterocycles. The Kier molecular flexibility index (Phi) is 3.36. The Hall–Kier alpha value is -0.0800. The molecule has 0 saturated carbocycles. The molecule has 2 N–H and O–H groups in total. The monoisotopic (exact) mass is 184 g/mol. The fourth-order valence-electron chi connectivity index (χ4n) is 2.05. The van der Waals surface area contributed by atoms with Gasteiger partial charge in [0, 0.05) is 18.6 Å². The summed E-state index contributed by atoms with van der Waals surface area (Å²) in [5, 5.41) is 0. The molecule has 0 aliphatic carbocycles. The van der Waals surface area contributed by atoms with Crippen molar-refractivity contribution < 1.29 is 0 Å². The van der Waals surface area contributed by atoms with Crippen molar-refractivity contribution in [2.24, 2.45) is 11.1 Å². The first kappa shape index (κ1) is 11.0. The van der Waals surface area contributed by atoms with E-state index >= 15 is 0 Å². The van der Waals surface area contributed by atoms with Crippen molar-refractivity contribution in [2.75, 3.05) is 13.1 Å². The van der Waals surface area contributed by atoms with Crippen molar-refractivity contribution in [3.63, 3.8) is 0 Å². The second-order valence-electron chi connectivity index (χ2n) is 5.11. The lowest BCUT2D eigenvalue weighted by Gasteiger charge is -2.45. The third-order valence-corrected chi connectivity index (χ3v) is 3.56. The number of nitrogens with two attached hydrogens (primary N) is 1. The van der Waals surface area contributed by atoms with E-state index in [1.807, 2.05) is 0 Å². The highest BCUT2D eigenvalue weighted by atomic mass is 15.2. The van der Waals surface area contributed by atoms with Gasteiger partial charge in [-0.3, -0.25) is 0 Å². The molecule has 1 aliphatic heterocycles. The highest BCUT2D eigenvalue weighted by molar-refractivity contribution is 4.90. The van der Waals surface area contributed by atoms with Crippen molar-refractivity contribution in [2.45, 2.75) is 52.6 Å². The topological polar surface area (TPSA) is 29.3 Å². The molecule has 2 heteroatoms. The first-order chi connectivity index (χ1) is 5.97. The minimum Gasteiger partial charge on any atom is -0.327 e. The van der Waals surface area contributed by atoms with Gasteiger partial charge in [-0.05, 0) is 31.7 Å². The maximum Gasteiger partial charge on any atom is 0.0115 e. The van der Waals surface area contributed by atoms with Gasteiger partial charge in [0.15, 0.2) is 0 Å². The molecule has 1 fully saturated rings. The standard InChI is InChI=1S/C11H24N2/c1-5-9(2)13-7-6-10(12)11(3,4)8-13/h9-10H,5-8,12H2,1-4H3. The largest absolute Gasteiger partial charge is 0.327 e. The van der Waals surface area contributed by atoms with Crippen molar-refractivity contribution >= 4 is 0 Å². The molecule has 2 nitrogen and oxygen atoms in total. The van der Waals surface area contributed by atoms with E-state index in [0.29, 0.717) is 17.5 Å². The summed E-state index contributed by atoms with van der Waals surface area (Å²) in [5.41, 5.74) is 6.38. The Balaban J connectivity index is 2.55. The summed E-state index contributed by atoms with van der Waals surface area (Å²) in [6.45, 7) is 11.5. The summed E-state index contributed by atoms with van der Waals surface area (Å²) in [7, 11) is 0. The van der Waals surface area contributed by atoms with E-state index in [4.69, 9.17) is 5.73 Å². The third kappa shape index (κ3) is 2.44. The zero-order chi connectivity index (χ0) is 10.1. The molecule has 1 saturated heterocycles. The fourth-order valence-corrected chi connectivity index (χ4v) is 2.05. The van der Waals surface area contributed by atoms with Crippen molar-refractivity contribution in [3.8, 4) is 0 Å². The van der Waals surface area contributed by atoms with E-state index in [1.165, 1.54) is 13.0 Å². The van der Waals surface area contributed by atoms with Crippen LogP contribution in [0.15, 0.2) is 0 Å². The van der Waals surface area contributed by atoms with E-state index in [-0.39, 0.29) is 0 Å². The first-order valence-electron chi connectivity index (χ1n) is 5.47. The Morgan fingerprint density at radius 3 is 2.62 bits per heavy atom. The summed E-state index contributed by atoms with van der Waals surface area (Å²) in [6.07, 6.45) is 2.39. The number of likely N-dealkylation sites (tertiary alicyclic amines) is 1. The van der Waals surface area contributed by atoms with Gasteiger partial charge in [-0.25, -0.2) is 0 Å². The van der Waals surface area contributed by atoms with Gasteiger partial charge in [-0.2, -0.15) is 0 Å². The molecular weight excluding hydrogens is 160 g/mol. The summed E-state index contributed by atoms with van der Waals surface area (Å²) in [4.78, 5) is 2.57. The van der Waals surface area contributed by atoms with Gasteiger partial charge in [0.1, 0.15) is 0 Å². The van der Waals surface area contributed by atoms with Crippen molar-refractivity contribution in [3.05, 3.63) is 0 Å². The van der Waals surface area contributed by atoms with Crippen LogP contribution in [0.1, 0.15) is 40.5 Å². The van der Waals surface area contributed by atoms with E-state index in [1.54, 1.807) is 0 Å². The van der Waals surface area contributed by atoms with Crippen LogP contribution < -0.4 is 5.73 Å². The van der Waals surface area contributed by atoms with Gasteiger partial charge in [0.05, 0.1) is 0 Å².